The third-order valence-electron chi connectivity index (χ3n) is 3.85. The molecule has 1 aliphatic rings. The number of ether oxygens (including phenoxy) is 2. The SMILES string of the molecule is COc1ncnc2c1ncn2C1CC(O)C(CO)(C(F)(F)F)O1. The van der Waals surface area contributed by atoms with E-state index in [9.17, 15) is 18.3 Å². The van der Waals surface area contributed by atoms with Crippen LogP contribution in [0, 0.1) is 0 Å². The number of hydrogen-bond donors (Lipinski definition) is 2. The highest BCUT2D eigenvalue weighted by Crippen LogP contribution is 2.47. The molecule has 23 heavy (non-hydrogen) atoms. The molecule has 0 amide bonds. The van der Waals surface area contributed by atoms with Gasteiger partial charge in [-0.05, 0) is 0 Å². The van der Waals surface area contributed by atoms with Crippen molar-refractivity contribution in [1.82, 2.24) is 19.5 Å². The molecule has 2 N–H and O–H groups in total. The molecule has 11 heteroatoms. The summed E-state index contributed by atoms with van der Waals surface area (Å²) in [5.74, 6) is 0.163. The summed E-state index contributed by atoms with van der Waals surface area (Å²) in [4.78, 5) is 11.8. The lowest BCUT2D eigenvalue weighted by Gasteiger charge is -2.32. The van der Waals surface area contributed by atoms with Crippen molar-refractivity contribution in [3.8, 4) is 5.88 Å². The van der Waals surface area contributed by atoms with E-state index in [4.69, 9.17) is 14.6 Å². The van der Waals surface area contributed by atoms with Crippen LogP contribution in [0.3, 0.4) is 0 Å². The quantitative estimate of drug-likeness (QED) is 0.838. The first-order valence-electron chi connectivity index (χ1n) is 6.59. The number of fused-ring (bicyclic) bond motifs is 1. The lowest BCUT2D eigenvalue weighted by Crippen LogP contribution is -2.55. The van der Waals surface area contributed by atoms with Gasteiger partial charge in [-0.25, -0.2) is 9.97 Å². The number of methoxy groups -OCH3 is 1. The number of aliphatic hydroxyl groups is 2. The summed E-state index contributed by atoms with van der Waals surface area (Å²) in [5.41, 5.74) is -2.59. The molecule has 2 aromatic rings. The van der Waals surface area contributed by atoms with Gasteiger partial charge in [-0.1, -0.05) is 0 Å². The summed E-state index contributed by atoms with van der Waals surface area (Å²) in [6, 6.07) is 0. The lowest BCUT2D eigenvalue weighted by molar-refractivity contribution is -0.305. The number of imidazole rings is 1. The van der Waals surface area contributed by atoms with Crippen molar-refractivity contribution in [3.63, 3.8) is 0 Å². The van der Waals surface area contributed by atoms with Crippen LogP contribution in [-0.2, 0) is 4.74 Å². The van der Waals surface area contributed by atoms with Crippen molar-refractivity contribution in [2.45, 2.75) is 30.5 Å². The van der Waals surface area contributed by atoms with Crippen LogP contribution in [0.5, 0.6) is 5.88 Å². The highest BCUT2D eigenvalue weighted by Gasteiger charge is 2.65. The average Bonchev–Trinajstić information content (AvgIpc) is 3.07. The average molecular weight is 334 g/mol. The molecule has 1 saturated heterocycles. The van der Waals surface area contributed by atoms with Crippen LogP contribution in [0.2, 0.25) is 0 Å². The van der Waals surface area contributed by atoms with E-state index in [1.54, 1.807) is 0 Å². The van der Waals surface area contributed by atoms with Crippen LogP contribution in [0.1, 0.15) is 12.6 Å². The van der Waals surface area contributed by atoms with Crippen molar-refractivity contribution in [1.29, 1.82) is 0 Å². The zero-order chi connectivity index (χ0) is 16.8. The molecule has 0 aliphatic carbocycles. The Morgan fingerprint density at radius 2 is 2.17 bits per heavy atom. The van der Waals surface area contributed by atoms with Gasteiger partial charge in [-0.2, -0.15) is 18.2 Å². The van der Waals surface area contributed by atoms with E-state index in [0.29, 0.717) is 0 Å². The van der Waals surface area contributed by atoms with E-state index in [2.05, 4.69) is 15.0 Å². The summed E-state index contributed by atoms with van der Waals surface area (Å²) in [7, 11) is 1.37. The molecule has 0 saturated carbocycles. The Bertz CT molecular complexity index is 722. The van der Waals surface area contributed by atoms with Crippen LogP contribution in [0.15, 0.2) is 12.7 Å². The Morgan fingerprint density at radius 1 is 1.43 bits per heavy atom. The maximum Gasteiger partial charge on any atom is 0.422 e. The van der Waals surface area contributed by atoms with Gasteiger partial charge >= 0.3 is 6.18 Å². The maximum absolute atomic E-state index is 13.2. The molecule has 2 aromatic heterocycles. The van der Waals surface area contributed by atoms with E-state index < -0.39 is 30.7 Å². The molecule has 8 nitrogen and oxygen atoms in total. The van der Waals surface area contributed by atoms with Gasteiger partial charge in [0.05, 0.1) is 26.1 Å². The van der Waals surface area contributed by atoms with E-state index in [1.807, 2.05) is 0 Å². The number of halogens is 3. The van der Waals surface area contributed by atoms with Crippen LogP contribution in [0.4, 0.5) is 13.2 Å². The minimum Gasteiger partial charge on any atom is -0.479 e. The van der Waals surface area contributed by atoms with Crippen molar-refractivity contribution >= 4 is 11.2 Å². The van der Waals surface area contributed by atoms with Crippen LogP contribution < -0.4 is 4.74 Å². The number of rotatable bonds is 3. The lowest BCUT2D eigenvalue weighted by atomic mass is 9.97. The fourth-order valence-electron chi connectivity index (χ4n) is 2.60. The Labute approximate surface area is 127 Å². The Hall–Kier alpha value is -1.98. The predicted octanol–water partition coefficient (Wildman–Crippen LogP) is 0.408. The van der Waals surface area contributed by atoms with Crippen molar-refractivity contribution in [2.75, 3.05) is 13.7 Å². The molecular formula is C12H13F3N4O4. The predicted molar refractivity (Wildman–Crippen MR) is 68.5 cm³/mol. The van der Waals surface area contributed by atoms with Gasteiger partial charge in [0.25, 0.3) is 0 Å². The normalized spacial score (nSPS) is 28.4. The van der Waals surface area contributed by atoms with Gasteiger partial charge in [0.2, 0.25) is 11.5 Å². The molecule has 0 bridgehead atoms. The van der Waals surface area contributed by atoms with E-state index >= 15 is 0 Å². The second-order valence-corrected chi connectivity index (χ2v) is 5.08. The van der Waals surface area contributed by atoms with Gasteiger partial charge < -0.3 is 19.7 Å². The standard InChI is InChI=1S/C12H13F3N4O4/c1-22-10-8-9(16-4-17-10)19(5-18-8)7-2-6(21)11(3-20,23-7)12(13,14)15/h4-7,20-21H,2-3H2,1H3. The Morgan fingerprint density at radius 3 is 2.74 bits per heavy atom. The second kappa shape index (κ2) is 5.28. The molecule has 0 radical (unpaired) electrons. The fourth-order valence-corrected chi connectivity index (χ4v) is 2.60. The summed E-state index contributed by atoms with van der Waals surface area (Å²) in [5, 5.41) is 19.0. The minimum atomic E-state index is -4.93. The van der Waals surface area contributed by atoms with Gasteiger partial charge in [0, 0.05) is 6.42 Å². The molecule has 3 heterocycles. The summed E-state index contributed by atoms with van der Waals surface area (Å²) >= 11 is 0. The molecular weight excluding hydrogens is 321 g/mol. The third kappa shape index (κ3) is 2.23. The van der Waals surface area contributed by atoms with E-state index in [-0.39, 0.29) is 23.5 Å². The van der Waals surface area contributed by atoms with Crippen molar-refractivity contribution < 1.29 is 32.9 Å². The molecule has 3 unspecified atom stereocenters. The minimum absolute atomic E-state index is 0.163. The number of alkyl halides is 3. The topological polar surface area (TPSA) is 103 Å². The number of hydrogen-bond acceptors (Lipinski definition) is 7. The van der Waals surface area contributed by atoms with E-state index in [1.165, 1.54) is 24.3 Å². The number of aliphatic hydroxyl groups excluding tert-OH is 2. The number of aromatic nitrogens is 4. The van der Waals surface area contributed by atoms with Gasteiger partial charge in [-0.3, -0.25) is 4.57 Å². The van der Waals surface area contributed by atoms with Gasteiger partial charge in [0.15, 0.2) is 11.2 Å². The monoisotopic (exact) mass is 334 g/mol. The third-order valence-corrected chi connectivity index (χ3v) is 3.85. The van der Waals surface area contributed by atoms with Crippen molar-refractivity contribution in [2.24, 2.45) is 0 Å². The van der Waals surface area contributed by atoms with Gasteiger partial charge in [-0.15, -0.1) is 0 Å². The largest absolute Gasteiger partial charge is 0.479 e. The van der Waals surface area contributed by atoms with E-state index in [0.717, 1.165) is 0 Å². The molecule has 3 rings (SSSR count). The first kappa shape index (κ1) is 15.9. The molecule has 0 spiro atoms. The zero-order valence-corrected chi connectivity index (χ0v) is 11.9. The van der Waals surface area contributed by atoms with Crippen LogP contribution in [-0.4, -0.2) is 61.3 Å². The summed E-state index contributed by atoms with van der Waals surface area (Å²) in [6.07, 6.45) is -6.02. The second-order valence-electron chi connectivity index (χ2n) is 5.08. The highest BCUT2D eigenvalue weighted by molar-refractivity contribution is 5.75. The molecule has 1 aliphatic heterocycles. The summed E-state index contributed by atoms with van der Waals surface area (Å²) < 4.78 is 50.8. The van der Waals surface area contributed by atoms with Crippen molar-refractivity contribution in [3.05, 3.63) is 12.7 Å². The zero-order valence-electron chi connectivity index (χ0n) is 11.9. The van der Waals surface area contributed by atoms with Crippen LogP contribution in [0.25, 0.3) is 11.2 Å². The molecule has 3 atom stereocenters. The fraction of sp³-hybridized carbons (Fsp3) is 0.583. The smallest absolute Gasteiger partial charge is 0.422 e. The van der Waals surface area contributed by atoms with Crippen LogP contribution >= 0.6 is 0 Å². The first-order valence-corrected chi connectivity index (χ1v) is 6.59. The maximum atomic E-state index is 13.2. The Kier molecular flexibility index (Phi) is 3.65. The molecule has 126 valence electrons. The Balaban J connectivity index is 2.02. The summed E-state index contributed by atoms with van der Waals surface area (Å²) in [6.45, 7) is -1.39. The number of nitrogens with zero attached hydrogens (tertiary/aromatic N) is 4. The van der Waals surface area contributed by atoms with Gasteiger partial charge in [0.1, 0.15) is 12.6 Å². The first-order chi connectivity index (χ1) is 10.8. The molecule has 0 aromatic carbocycles. The molecule has 1 fully saturated rings. The highest BCUT2D eigenvalue weighted by atomic mass is 19.4.